The minimum atomic E-state index is 0.479. The third-order valence-electron chi connectivity index (χ3n) is 1.90. The van der Waals surface area contributed by atoms with Crippen LogP contribution in [0.1, 0.15) is 23.4 Å². The minimum Gasteiger partial charge on any atom is -0.283 e. The molecule has 0 saturated heterocycles. The minimum absolute atomic E-state index is 0.479. The van der Waals surface area contributed by atoms with Crippen LogP contribution in [0, 0.1) is 0 Å². The molecule has 0 atom stereocenters. The normalized spacial score (nSPS) is 15.2. The zero-order valence-corrected chi connectivity index (χ0v) is 5.48. The maximum Gasteiger partial charge on any atom is 0.255 e. The second-order valence-electron chi connectivity index (χ2n) is 2.48. The van der Waals surface area contributed by atoms with Crippen molar-refractivity contribution in [2.24, 2.45) is 0 Å². The number of H-pyrrole nitrogens is 1. The molecule has 1 N–H and O–H groups in total. The van der Waals surface area contributed by atoms with Gasteiger partial charge in [0.25, 0.3) is 6.29 Å². The number of aromatic nitrogens is 2. The number of hydrogen-bond acceptors (Lipinski definition) is 2. The molecule has 0 unspecified atom stereocenters. The average Bonchev–Trinajstić information content (AvgIpc) is 2.44. The van der Waals surface area contributed by atoms with Crippen LogP contribution in [0.5, 0.6) is 0 Å². The van der Waals surface area contributed by atoms with Crippen LogP contribution in [-0.2, 0) is 17.6 Å². The van der Waals surface area contributed by atoms with Crippen molar-refractivity contribution in [1.29, 1.82) is 0 Å². The molecule has 1 aromatic heterocycles. The number of fused-ring (bicyclic) bond motifs is 1. The van der Waals surface area contributed by atoms with Gasteiger partial charge in [-0.05, 0) is 19.3 Å². The number of carbonyl (C=O) groups excluding carboxylic acids is 1. The van der Waals surface area contributed by atoms with Crippen LogP contribution in [0.15, 0.2) is 0 Å². The third-order valence-corrected chi connectivity index (χ3v) is 1.90. The van der Waals surface area contributed by atoms with Gasteiger partial charge in [-0.1, -0.05) is 0 Å². The van der Waals surface area contributed by atoms with E-state index in [0.717, 1.165) is 30.5 Å². The molecule has 0 spiro atoms. The van der Waals surface area contributed by atoms with E-state index in [1.54, 1.807) is 0 Å². The van der Waals surface area contributed by atoms with Crippen molar-refractivity contribution in [2.45, 2.75) is 19.3 Å². The van der Waals surface area contributed by atoms with Crippen LogP contribution in [-0.4, -0.2) is 16.5 Å². The maximum absolute atomic E-state index is 10.2. The fraction of sp³-hybridized carbons (Fsp3) is 0.429. The van der Waals surface area contributed by atoms with Gasteiger partial charge in [0, 0.05) is 11.3 Å². The topological polar surface area (TPSA) is 45.8 Å². The number of rotatable bonds is 1. The highest BCUT2D eigenvalue weighted by atomic mass is 16.1. The van der Waals surface area contributed by atoms with Crippen molar-refractivity contribution >= 4 is 6.29 Å². The quantitative estimate of drug-likeness (QED) is 0.604. The highest BCUT2D eigenvalue weighted by Crippen LogP contribution is 2.20. The molecule has 1 radical (unpaired) electrons. The van der Waals surface area contributed by atoms with Crippen LogP contribution in [0.4, 0.5) is 0 Å². The van der Waals surface area contributed by atoms with Crippen molar-refractivity contribution in [3.63, 3.8) is 0 Å². The summed E-state index contributed by atoms with van der Waals surface area (Å²) in [5.41, 5.74) is 2.68. The Balaban J connectivity index is 2.53. The average molecular weight is 135 g/mol. The lowest BCUT2D eigenvalue weighted by molar-refractivity contribution is 0.561. The molecular formula is C7H7N2O. The van der Waals surface area contributed by atoms with Gasteiger partial charge >= 0.3 is 0 Å². The summed E-state index contributed by atoms with van der Waals surface area (Å²) >= 11 is 0. The number of hydrogen-bond donors (Lipinski definition) is 1. The summed E-state index contributed by atoms with van der Waals surface area (Å²) in [6.07, 6.45) is 4.97. The van der Waals surface area contributed by atoms with E-state index in [1.165, 1.54) is 0 Å². The molecule has 1 aromatic rings. The van der Waals surface area contributed by atoms with Crippen molar-refractivity contribution in [3.05, 3.63) is 17.0 Å². The van der Waals surface area contributed by atoms with Crippen molar-refractivity contribution < 1.29 is 4.79 Å². The lowest BCUT2D eigenvalue weighted by atomic mass is 10.2. The summed E-state index contributed by atoms with van der Waals surface area (Å²) in [6.45, 7) is 0. The molecule has 0 amide bonds. The van der Waals surface area contributed by atoms with E-state index in [9.17, 15) is 4.79 Å². The number of aryl methyl sites for hydroxylation is 1. The van der Waals surface area contributed by atoms with E-state index < -0.39 is 0 Å². The van der Waals surface area contributed by atoms with Crippen molar-refractivity contribution in [1.82, 2.24) is 10.2 Å². The molecular weight excluding hydrogens is 128 g/mol. The van der Waals surface area contributed by atoms with Gasteiger partial charge in [-0.3, -0.25) is 9.89 Å². The molecule has 3 nitrogen and oxygen atoms in total. The fourth-order valence-corrected chi connectivity index (χ4v) is 1.40. The monoisotopic (exact) mass is 135 g/mol. The molecule has 10 heavy (non-hydrogen) atoms. The summed E-state index contributed by atoms with van der Waals surface area (Å²) in [5.74, 6) is 0. The Labute approximate surface area is 58.4 Å². The molecule has 0 aromatic carbocycles. The SMILES string of the molecule is O=[C]c1n[nH]c2c1CCC2. The van der Waals surface area contributed by atoms with Gasteiger partial charge in [-0.25, -0.2) is 0 Å². The lowest BCUT2D eigenvalue weighted by Gasteiger charge is -1.83. The van der Waals surface area contributed by atoms with Gasteiger partial charge in [0.15, 0.2) is 0 Å². The Morgan fingerprint density at radius 1 is 1.50 bits per heavy atom. The van der Waals surface area contributed by atoms with Crippen molar-refractivity contribution in [2.75, 3.05) is 0 Å². The van der Waals surface area contributed by atoms with E-state index >= 15 is 0 Å². The first-order valence-electron chi connectivity index (χ1n) is 3.36. The van der Waals surface area contributed by atoms with Gasteiger partial charge in [0.1, 0.15) is 5.69 Å². The Morgan fingerprint density at radius 2 is 2.40 bits per heavy atom. The van der Waals surface area contributed by atoms with Crippen LogP contribution >= 0.6 is 0 Å². The number of aromatic amines is 1. The number of nitrogens with zero attached hydrogens (tertiary/aromatic N) is 1. The van der Waals surface area contributed by atoms with Crippen LogP contribution in [0.25, 0.3) is 0 Å². The maximum atomic E-state index is 10.2. The van der Waals surface area contributed by atoms with E-state index in [-0.39, 0.29) is 0 Å². The second kappa shape index (κ2) is 1.94. The Morgan fingerprint density at radius 3 is 3.20 bits per heavy atom. The van der Waals surface area contributed by atoms with Crippen LogP contribution < -0.4 is 0 Å². The molecule has 1 aliphatic rings. The Bertz CT molecular complexity index is 265. The number of nitrogens with one attached hydrogen (secondary N) is 1. The third kappa shape index (κ3) is 0.602. The first-order chi connectivity index (χ1) is 4.92. The molecule has 0 aliphatic heterocycles. The highest BCUT2D eigenvalue weighted by Gasteiger charge is 2.17. The largest absolute Gasteiger partial charge is 0.283 e. The summed E-state index contributed by atoms with van der Waals surface area (Å²) in [5, 5.41) is 6.63. The Hall–Kier alpha value is -1.12. The standard InChI is InChI=1S/C7H7N2O/c10-4-7-5-2-1-3-6(5)8-9-7/h1-3H2,(H,8,9). The van der Waals surface area contributed by atoms with Crippen LogP contribution in [0.3, 0.4) is 0 Å². The first kappa shape index (κ1) is 5.65. The molecule has 1 heterocycles. The molecule has 1 aliphatic carbocycles. The molecule has 51 valence electrons. The molecule has 0 saturated carbocycles. The zero-order valence-electron chi connectivity index (χ0n) is 5.48. The second-order valence-corrected chi connectivity index (χ2v) is 2.48. The Kier molecular flexibility index (Phi) is 1.09. The van der Waals surface area contributed by atoms with E-state index in [4.69, 9.17) is 0 Å². The molecule has 2 rings (SSSR count). The summed E-state index contributed by atoms with van der Waals surface area (Å²) in [7, 11) is 0. The molecule has 3 heteroatoms. The molecule has 0 fully saturated rings. The summed E-state index contributed by atoms with van der Waals surface area (Å²) in [4.78, 5) is 10.2. The first-order valence-corrected chi connectivity index (χ1v) is 3.36. The predicted octanol–water partition coefficient (Wildman–Crippen LogP) is 0.356. The summed E-state index contributed by atoms with van der Waals surface area (Å²) < 4.78 is 0. The smallest absolute Gasteiger partial charge is 0.255 e. The highest BCUT2D eigenvalue weighted by molar-refractivity contribution is 5.75. The van der Waals surface area contributed by atoms with Crippen molar-refractivity contribution in [3.8, 4) is 0 Å². The van der Waals surface area contributed by atoms with Gasteiger partial charge in [-0.2, -0.15) is 5.10 Å². The zero-order chi connectivity index (χ0) is 6.97. The van der Waals surface area contributed by atoms with E-state index in [0.29, 0.717) is 5.69 Å². The van der Waals surface area contributed by atoms with Gasteiger partial charge in [0.2, 0.25) is 0 Å². The fourth-order valence-electron chi connectivity index (χ4n) is 1.40. The van der Waals surface area contributed by atoms with E-state index in [1.807, 2.05) is 6.29 Å². The van der Waals surface area contributed by atoms with Gasteiger partial charge < -0.3 is 0 Å². The van der Waals surface area contributed by atoms with E-state index in [2.05, 4.69) is 10.2 Å². The predicted molar refractivity (Wildman–Crippen MR) is 35.4 cm³/mol. The lowest BCUT2D eigenvalue weighted by Crippen LogP contribution is -1.86. The van der Waals surface area contributed by atoms with Gasteiger partial charge in [-0.15, -0.1) is 0 Å². The van der Waals surface area contributed by atoms with Gasteiger partial charge in [0.05, 0.1) is 0 Å². The van der Waals surface area contributed by atoms with Crippen LogP contribution in [0.2, 0.25) is 0 Å². The summed E-state index contributed by atoms with van der Waals surface area (Å²) in [6, 6.07) is 0. The molecule has 0 bridgehead atoms.